The summed E-state index contributed by atoms with van der Waals surface area (Å²) in [5.74, 6) is -0.0402. The lowest BCUT2D eigenvalue weighted by Gasteiger charge is -2.31. The van der Waals surface area contributed by atoms with E-state index in [4.69, 9.17) is 52.9 Å². The highest BCUT2D eigenvalue weighted by Crippen LogP contribution is 2.21. The summed E-state index contributed by atoms with van der Waals surface area (Å²) in [5.41, 5.74) is 0. The molecule has 2 heterocycles. The molecule has 2 fully saturated rings. The predicted molar refractivity (Wildman–Crippen MR) is 351 cm³/mol. The molecule has 0 aromatic carbocycles. The van der Waals surface area contributed by atoms with Crippen molar-refractivity contribution < 1.29 is 38.0 Å². The van der Waals surface area contributed by atoms with E-state index < -0.39 is 12.2 Å². The molecule has 2 N–H and O–H groups in total. The van der Waals surface area contributed by atoms with Crippen molar-refractivity contribution in [3.63, 3.8) is 0 Å². The van der Waals surface area contributed by atoms with Crippen LogP contribution in [0.5, 0.6) is 0 Å². The van der Waals surface area contributed by atoms with Gasteiger partial charge in [-0.25, -0.2) is 0 Å². The Bertz CT molecular complexity index is 1340. The van der Waals surface area contributed by atoms with Crippen molar-refractivity contribution in [3.05, 3.63) is 0 Å². The molecular weight excluding hydrogens is 1060 g/mol. The zero-order chi connectivity index (χ0) is 59.0. The number of carbonyl (C=O) groups excluding carboxylic acids is 2. The van der Waals surface area contributed by atoms with Crippen molar-refractivity contribution in [2.24, 2.45) is 0 Å². The van der Waals surface area contributed by atoms with E-state index in [9.17, 15) is 9.59 Å². The third-order valence-corrected chi connectivity index (χ3v) is 17.2. The number of nitrogens with zero attached hydrogens (tertiary/aromatic N) is 2. The van der Waals surface area contributed by atoms with Gasteiger partial charge in [0.2, 0.25) is 0 Å². The maximum atomic E-state index is 13.0. The summed E-state index contributed by atoms with van der Waals surface area (Å²) in [6.07, 6.45) is 48.6. The summed E-state index contributed by atoms with van der Waals surface area (Å²) in [5, 5.41) is 7.34. The smallest absolute Gasteiger partial charge is 0.306 e. The van der Waals surface area contributed by atoms with Crippen LogP contribution in [0.15, 0.2) is 0 Å². The van der Waals surface area contributed by atoms with E-state index in [0.29, 0.717) is 36.4 Å². The lowest BCUT2D eigenvalue weighted by Crippen LogP contribution is -2.45. The summed E-state index contributed by atoms with van der Waals surface area (Å²) in [4.78, 5) is 31.0. The molecular formula is C68H130N4O8S2. The molecule has 0 aromatic heterocycles. The highest BCUT2D eigenvalue weighted by molar-refractivity contribution is 7.80. The number of ether oxygens (including phenoxy) is 6. The fraction of sp³-hybridized carbons (Fsp3) is 0.941. The second-order valence-corrected chi connectivity index (χ2v) is 25.2. The third-order valence-electron chi connectivity index (χ3n) is 16.7. The molecule has 14 heteroatoms. The second kappa shape index (κ2) is 56.9. The molecule has 0 bridgehead atoms. The zero-order valence-corrected chi connectivity index (χ0v) is 55.5. The van der Waals surface area contributed by atoms with Gasteiger partial charge in [-0.1, -0.05) is 195 Å². The zero-order valence-electron chi connectivity index (χ0n) is 53.9. The monoisotopic (exact) mass is 1190 g/mol. The van der Waals surface area contributed by atoms with Gasteiger partial charge in [-0.2, -0.15) is 0 Å². The molecule has 12 nitrogen and oxygen atoms in total. The van der Waals surface area contributed by atoms with Crippen LogP contribution < -0.4 is 10.6 Å². The van der Waals surface area contributed by atoms with Gasteiger partial charge < -0.3 is 48.9 Å². The van der Waals surface area contributed by atoms with Gasteiger partial charge in [0, 0.05) is 39.1 Å². The van der Waals surface area contributed by atoms with Crippen LogP contribution in [0.25, 0.3) is 0 Å². The minimum absolute atomic E-state index is 0.0201. The Kier molecular flexibility index (Phi) is 52.9. The lowest BCUT2D eigenvalue weighted by molar-refractivity contribution is -0.151. The van der Waals surface area contributed by atoms with Gasteiger partial charge in [0.1, 0.15) is 12.2 Å². The summed E-state index contributed by atoms with van der Waals surface area (Å²) in [6.45, 7) is 19.1. The highest BCUT2D eigenvalue weighted by atomic mass is 32.1. The largest absolute Gasteiger partial charge is 0.462 e. The first kappa shape index (κ1) is 76.3. The van der Waals surface area contributed by atoms with Crippen LogP contribution in [0.3, 0.4) is 0 Å². The normalized spacial score (nSPS) is 14.4. The molecule has 0 aromatic rings. The Balaban J connectivity index is 1.87. The van der Waals surface area contributed by atoms with Crippen molar-refractivity contribution in [1.82, 2.24) is 20.4 Å². The van der Waals surface area contributed by atoms with Crippen molar-refractivity contribution in [2.75, 3.05) is 78.8 Å². The minimum Gasteiger partial charge on any atom is -0.462 e. The van der Waals surface area contributed by atoms with Gasteiger partial charge in [0.15, 0.2) is 12.2 Å². The first-order chi connectivity index (χ1) is 40.3. The van der Waals surface area contributed by atoms with Crippen molar-refractivity contribution in [3.8, 4) is 0 Å². The molecule has 0 radical (unpaired) electrons. The second-order valence-electron chi connectivity index (χ2n) is 24.5. The summed E-state index contributed by atoms with van der Waals surface area (Å²) < 4.78 is 37.9. The van der Waals surface area contributed by atoms with Crippen molar-refractivity contribution in [1.29, 1.82) is 0 Å². The number of nitrogens with one attached hydrogen (secondary N) is 2. The maximum absolute atomic E-state index is 13.0. The first-order valence-corrected chi connectivity index (χ1v) is 36.0. The number of likely N-dealkylation sites (tertiary alicyclic amines) is 2. The number of rotatable bonds is 61. The van der Waals surface area contributed by atoms with E-state index in [1.54, 1.807) is 0 Å². The van der Waals surface area contributed by atoms with Gasteiger partial charge in [-0.15, -0.1) is 0 Å². The average molecular weight is 1200 g/mol. The molecule has 2 saturated heterocycles. The number of thiocarbonyl (C=S) groups is 2. The van der Waals surface area contributed by atoms with Crippen LogP contribution in [-0.2, 0) is 38.0 Å². The maximum Gasteiger partial charge on any atom is 0.306 e. The van der Waals surface area contributed by atoms with E-state index in [-0.39, 0.29) is 37.4 Å². The van der Waals surface area contributed by atoms with Crippen LogP contribution in [0.1, 0.15) is 310 Å². The Morgan fingerprint density at radius 2 is 0.671 bits per heavy atom. The molecule has 2 aliphatic heterocycles. The van der Waals surface area contributed by atoms with Crippen LogP contribution in [0.2, 0.25) is 0 Å². The minimum atomic E-state index is -0.538. The van der Waals surface area contributed by atoms with Gasteiger partial charge in [-0.3, -0.25) is 9.59 Å². The number of hydrogen-bond acceptors (Lipinski definition) is 12. The predicted octanol–water partition coefficient (Wildman–Crippen LogP) is 17.2. The van der Waals surface area contributed by atoms with Gasteiger partial charge >= 0.3 is 11.9 Å². The number of hydrogen-bond donors (Lipinski definition) is 2. The number of carbonyl (C=O) groups is 2. The number of esters is 2. The standard InChI is InChI=1S/C68H130N4O8S2/c1-5-9-13-17-23-31-43-61(44-32-24-18-14-10-6-2)77-65(73)47-35-27-21-29-37-57-75-59-63(79-67(81)69-49-39-51-71-53-41-54-71)64(80-68(82)70-50-40-52-72-55-42-56-72)60-76-58-38-30-22-28-36-48-66(74)78-62(45-33-25-19-15-11-7-3)46-34-26-20-16-12-8-4/h61-64H,5-60H2,1-4H3,(H,69,81)(H,70,82). The molecule has 0 amide bonds. The van der Waals surface area contributed by atoms with Crippen molar-refractivity contribution in [2.45, 2.75) is 335 Å². The summed E-state index contributed by atoms with van der Waals surface area (Å²) in [7, 11) is 0. The molecule has 482 valence electrons. The molecule has 2 atom stereocenters. The summed E-state index contributed by atoms with van der Waals surface area (Å²) in [6, 6.07) is 0. The fourth-order valence-corrected chi connectivity index (χ4v) is 11.5. The van der Waals surface area contributed by atoms with E-state index in [0.717, 1.165) is 155 Å². The molecule has 2 aliphatic rings. The third kappa shape index (κ3) is 46.4. The van der Waals surface area contributed by atoms with Crippen LogP contribution in [-0.4, -0.2) is 135 Å². The van der Waals surface area contributed by atoms with Crippen molar-refractivity contribution >= 4 is 46.7 Å². The van der Waals surface area contributed by atoms with E-state index >= 15 is 0 Å². The SMILES string of the molecule is CCCCCCCCC(CCCCCCCC)OC(=O)CCCCCCCOCC(OC(=S)NCCCN1CCC1)C(COCCCCCCCC(=O)OC(CCCCCCCC)CCCCCCCC)OC(=S)NCCCN1CCC1. The molecule has 2 rings (SSSR count). The van der Waals surface area contributed by atoms with E-state index in [2.05, 4.69) is 48.1 Å². The van der Waals surface area contributed by atoms with E-state index in [1.165, 1.54) is 167 Å². The topological polar surface area (TPSA) is 120 Å². The fourth-order valence-electron chi connectivity index (χ4n) is 11.0. The molecule has 0 spiro atoms. The Morgan fingerprint density at radius 1 is 0.378 bits per heavy atom. The van der Waals surface area contributed by atoms with Gasteiger partial charge in [0.25, 0.3) is 10.3 Å². The quantitative estimate of drug-likeness (QED) is 0.0341. The van der Waals surface area contributed by atoms with Gasteiger partial charge in [-0.05, 0) is 166 Å². The Labute approximate surface area is 516 Å². The molecule has 2 unspecified atom stereocenters. The van der Waals surface area contributed by atoms with Crippen LogP contribution >= 0.6 is 24.4 Å². The Morgan fingerprint density at radius 3 is 0.976 bits per heavy atom. The molecule has 0 aliphatic carbocycles. The summed E-state index contributed by atoms with van der Waals surface area (Å²) >= 11 is 11.6. The molecule has 0 saturated carbocycles. The van der Waals surface area contributed by atoms with Crippen LogP contribution in [0, 0.1) is 0 Å². The van der Waals surface area contributed by atoms with Gasteiger partial charge in [0.05, 0.1) is 13.2 Å². The molecule has 82 heavy (non-hydrogen) atoms. The average Bonchev–Trinajstić information content (AvgIpc) is 3.44. The van der Waals surface area contributed by atoms with E-state index in [1.807, 2.05) is 0 Å². The van der Waals surface area contributed by atoms with Crippen LogP contribution in [0.4, 0.5) is 0 Å². The Hall–Kier alpha value is -1.84. The lowest BCUT2D eigenvalue weighted by atomic mass is 10.0. The highest BCUT2D eigenvalue weighted by Gasteiger charge is 2.29. The number of unbranched alkanes of at least 4 members (excludes halogenated alkanes) is 28. The first-order valence-electron chi connectivity index (χ1n) is 35.2.